The van der Waals surface area contributed by atoms with E-state index in [1.165, 1.54) is 7.11 Å². The zero-order chi connectivity index (χ0) is 13.8. The Morgan fingerprint density at radius 1 is 1.26 bits per heavy atom. The van der Waals surface area contributed by atoms with E-state index >= 15 is 0 Å². The van der Waals surface area contributed by atoms with Gasteiger partial charge in [-0.1, -0.05) is 29.8 Å². The molecule has 0 amide bonds. The van der Waals surface area contributed by atoms with Gasteiger partial charge in [0, 0.05) is 12.1 Å². The minimum atomic E-state index is 0.149. The van der Waals surface area contributed by atoms with Crippen LogP contribution in [0.2, 0.25) is 5.02 Å². The predicted octanol–water partition coefficient (Wildman–Crippen LogP) is 4.43. The number of hydrogen-bond acceptors (Lipinski definition) is 3. The van der Waals surface area contributed by atoms with Crippen LogP contribution in [0, 0.1) is 0 Å². The lowest BCUT2D eigenvalue weighted by molar-refractivity contribution is 0.371. The second-order valence-corrected chi connectivity index (χ2v) is 5.12. The quantitative estimate of drug-likeness (QED) is 0.863. The number of hydrogen-bond donors (Lipinski definition) is 2. The minimum Gasteiger partial charge on any atom is -0.504 e. The highest BCUT2D eigenvalue weighted by Gasteiger charge is 2.08. The van der Waals surface area contributed by atoms with Crippen molar-refractivity contribution in [3.8, 4) is 11.5 Å². The number of ether oxygens (including phenoxy) is 1. The van der Waals surface area contributed by atoms with Gasteiger partial charge < -0.3 is 15.2 Å². The molecule has 0 radical (unpaired) electrons. The third-order valence-electron chi connectivity index (χ3n) is 2.72. The van der Waals surface area contributed by atoms with Crippen molar-refractivity contribution in [2.24, 2.45) is 0 Å². The molecule has 0 saturated carbocycles. The third-order valence-corrected chi connectivity index (χ3v) is 4.12. The van der Waals surface area contributed by atoms with Crippen LogP contribution in [0.4, 0.5) is 5.69 Å². The zero-order valence-corrected chi connectivity index (χ0v) is 12.6. The fraction of sp³-hybridized carbons (Fsp3) is 0.143. The van der Waals surface area contributed by atoms with Gasteiger partial charge in [-0.05, 0) is 34.1 Å². The molecule has 0 aliphatic rings. The number of anilines is 1. The zero-order valence-electron chi connectivity index (χ0n) is 10.3. The molecule has 0 saturated heterocycles. The molecule has 2 rings (SSSR count). The summed E-state index contributed by atoms with van der Waals surface area (Å²) >= 11 is 9.44. The maximum absolute atomic E-state index is 9.99. The molecule has 19 heavy (non-hydrogen) atoms. The second-order valence-electron chi connectivity index (χ2n) is 3.92. The molecule has 0 spiro atoms. The fourth-order valence-electron chi connectivity index (χ4n) is 1.71. The van der Waals surface area contributed by atoms with E-state index in [4.69, 9.17) is 16.3 Å². The van der Waals surface area contributed by atoms with Crippen LogP contribution in [0.3, 0.4) is 0 Å². The van der Waals surface area contributed by atoms with E-state index in [9.17, 15) is 5.11 Å². The molecule has 100 valence electrons. The number of methoxy groups -OCH3 is 1. The summed E-state index contributed by atoms with van der Waals surface area (Å²) in [6.45, 7) is 0.474. The number of nitrogens with one attached hydrogen (secondary N) is 1. The SMILES string of the molecule is COc1cccc(CNc2cccc(Cl)c2Br)c1O. The van der Waals surface area contributed by atoms with Gasteiger partial charge in [-0.25, -0.2) is 0 Å². The Bertz CT molecular complexity index is 590. The molecule has 0 aliphatic heterocycles. The van der Waals surface area contributed by atoms with Crippen molar-refractivity contribution in [2.75, 3.05) is 12.4 Å². The Hall–Kier alpha value is -1.39. The highest BCUT2D eigenvalue weighted by molar-refractivity contribution is 9.10. The number of para-hydroxylation sites is 1. The normalized spacial score (nSPS) is 10.3. The Labute approximate surface area is 125 Å². The van der Waals surface area contributed by atoms with Crippen LogP contribution in [0.25, 0.3) is 0 Å². The molecule has 0 fully saturated rings. The lowest BCUT2D eigenvalue weighted by atomic mass is 10.2. The molecule has 3 nitrogen and oxygen atoms in total. The number of phenols is 1. The highest BCUT2D eigenvalue weighted by Crippen LogP contribution is 2.32. The van der Waals surface area contributed by atoms with Gasteiger partial charge in [0.1, 0.15) is 0 Å². The Morgan fingerprint density at radius 3 is 2.74 bits per heavy atom. The summed E-state index contributed by atoms with van der Waals surface area (Å²) in [5, 5.41) is 13.8. The van der Waals surface area contributed by atoms with Crippen LogP contribution in [0.5, 0.6) is 11.5 Å². The Morgan fingerprint density at radius 2 is 2.00 bits per heavy atom. The summed E-state index contributed by atoms with van der Waals surface area (Å²) in [5.74, 6) is 0.611. The van der Waals surface area contributed by atoms with Crippen molar-refractivity contribution >= 4 is 33.2 Å². The molecule has 0 heterocycles. The van der Waals surface area contributed by atoms with E-state index in [0.29, 0.717) is 17.3 Å². The van der Waals surface area contributed by atoms with Crippen LogP contribution in [-0.2, 0) is 6.54 Å². The molecule has 0 aliphatic carbocycles. The van der Waals surface area contributed by atoms with E-state index in [-0.39, 0.29) is 5.75 Å². The van der Waals surface area contributed by atoms with Gasteiger partial charge in [-0.2, -0.15) is 0 Å². The van der Waals surface area contributed by atoms with Crippen molar-refractivity contribution in [1.29, 1.82) is 0 Å². The third kappa shape index (κ3) is 3.14. The Balaban J connectivity index is 2.17. The lowest BCUT2D eigenvalue weighted by Gasteiger charge is -2.12. The monoisotopic (exact) mass is 341 g/mol. The molecule has 5 heteroatoms. The number of benzene rings is 2. The van der Waals surface area contributed by atoms with Gasteiger partial charge in [-0.15, -0.1) is 0 Å². The minimum absolute atomic E-state index is 0.149. The first-order valence-corrected chi connectivity index (χ1v) is 6.83. The van der Waals surface area contributed by atoms with E-state index in [2.05, 4.69) is 21.2 Å². The summed E-state index contributed by atoms with van der Waals surface area (Å²) < 4.78 is 5.88. The molecule has 0 aromatic heterocycles. The lowest BCUT2D eigenvalue weighted by Crippen LogP contribution is -2.01. The van der Waals surface area contributed by atoms with Crippen molar-refractivity contribution in [2.45, 2.75) is 6.54 Å². The van der Waals surface area contributed by atoms with E-state index < -0.39 is 0 Å². The van der Waals surface area contributed by atoms with Crippen LogP contribution in [-0.4, -0.2) is 12.2 Å². The van der Waals surface area contributed by atoms with Gasteiger partial charge >= 0.3 is 0 Å². The first-order valence-electron chi connectivity index (χ1n) is 5.66. The Kier molecular flexibility index (Phi) is 4.56. The van der Waals surface area contributed by atoms with Gasteiger partial charge in [0.15, 0.2) is 11.5 Å². The van der Waals surface area contributed by atoms with Gasteiger partial charge in [0.25, 0.3) is 0 Å². The maximum atomic E-state index is 9.99. The molecule has 0 bridgehead atoms. The van der Waals surface area contributed by atoms with Crippen molar-refractivity contribution in [3.05, 3.63) is 51.5 Å². The van der Waals surface area contributed by atoms with Crippen LogP contribution in [0.1, 0.15) is 5.56 Å². The average Bonchev–Trinajstić information content (AvgIpc) is 2.42. The topological polar surface area (TPSA) is 41.5 Å². The highest BCUT2D eigenvalue weighted by atomic mass is 79.9. The molecule has 2 N–H and O–H groups in total. The molecule has 2 aromatic carbocycles. The number of rotatable bonds is 4. The van der Waals surface area contributed by atoms with Gasteiger partial charge in [-0.3, -0.25) is 0 Å². The summed E-state index contributed by atoms with van der Waals surface area (Å²) in [5.41, 5.74) is 1.63. The van der Waals surface area contributed by atoms with Crippen molar-refractivity contribution in [3.63, 3.8) is 0 Å². The number of halogens is 2. The van der Waals surface area contributed by atoms with E-state index in [0.717, 1.165) is 15.7 Å². The first kappa shape index (κ1) is 14.0. The number of aromatic hydroxyl groups is 1. The van der Waals surface area contributed by atoms with Crippen LogP contribution in [0.15, 0.2) is 40.9 Å². The standard InChI is InChI=1S/C14H13BrClNO2/c1-19-12-7-2-4-9(14(12)18)8-17-11-6-3-5-10(16)13(11)15/h2-7,17-18H,8H2,1H3. The predicted molar refractivity (Wildman–Crippen MR) is 81.1 cm³/mol. The van der Waals surface area contributed by atoms with Gasteiger partial charge in [0.05, 0.1) is 22.3 Å². The summed E-state index contributed by atoms with van der Waals surface area (Å²) in [6.07, 6.45) is 0. The second kappa shape index (κ2) is 6.17. The molecule has 2 aromatic rings. The molecule has 0 unspecified atom stereocenters. The first-order chi connectivity index (χ1) is 9.13. The van der Waals surface area contributed by atoms with Crippen molar-refractivity contribution in [1.82, 2.24) is 0 Å². The van der Waals surface area contributed by atoms with Crippen molar-refractivity contribution < 1.29 is 9.84 Å². The summed E-state index contributed by atoms with van der Waals surface area (Å²) in [7, 11) is 1.53. The maximum Gasteiger partial charge on any atom is 0.162 e. The summed E-state index contributed by atoms with van der Waals surface area (Å²) in [4.78, 5) is 0. The average molecular weight is 343 g/mol. The van der Waals surface area contributed by atoms with Crippen LogP contribution < -0.4 is 10.1 Å². The van der Waals surface area contributed by atoms with E-state index in [1.807, 2.05) is 24.3 Å². The molecular formula is C14H13BrClNO2. The molecular weight excluding hydrogens is 330 g/mol. The largest absolute Gasteiger partial charge is 0.504 e. The smallest absolute Gasteiger partial charge is 0.162 e. The fourth-order valence-corrected chi connectivity index (χ4v) is 2.28. The summed E-state index contributed by atoms with van der Waals surface area (Å²) in [6, 6.07) is 11.0. The number of phenolic OH excluding ortho intramolecular Hbond substituents is 1. The molecule has 0 atom stereocenters. The van der Waals surface area contributed by atoms with Crippen LogP contribution >= 0.6 is 27.5 Å². The van der Waals surface area contributed by atoms with E-state index in [1.54, 1.807) is 12.1 Å². The van der Waals surface area contributed by atoms with Gasteiger partial charge in [0.2, 0.25) is 0 Å².